The SMILES string of the molecule is O=C(Nc1cc[nH]c1)C1CCNC1. The van der Waals surface area contributed by atoms with Crippen LogP contribution in [0.1, 0.15) is 6.42 Å². The molecule has 13 heavy (non-hydrogen) atoms. The summed E-state index contributed by atoms with van der Waals surface area (Å²) in [5, 5.41) is 6.02. The van der Waals surface area contributed by atoms with Crippen molar-refractivity contribution in [3.63, 3.8) is 0 Å². The van der Waals surface area contributed by atoms with Crippen molar-refractivity contribution >= 4 is 11.6 Å². The molecule has 2 rings (SSSR count). The first-order chi connectivity index (χ1) is 6.36. The first kappa shape index (κ1) is 8.31. The fraction of sp³-hybridized carbons (Fsp3) is 0.444. The molecule has 0 radical (unpaired) electrons. The van der Waals surface area contributed by atoms with E-state index in [1.54, 1.807) is 12.4 Å². The van der Waals surface area contributed by atoms with Gasteiger partial charge in [-0.2, -0.15) is 0 Å². The number of aromatic amines is 1. The van der Waals surface area contributed by atoms with Crippen LogP contribution in [-0.2, 0) is 4.79 Å². The van der Waals surface area contributed by atoms with Gasteiger partial charge in [-0.15, -0.1) is 0 Å². The Kier molecular flexibility index (Phi) is 2.31. The summed E-state index contributed by atoms with van der Waals surface area (Å²) in [5.41, 5.74) is 0.844. The van der Waals surface area contributed by atoms with Crippen LogP contribution < -0.4 is 10.6 Å². The lowest BCUT2D eigenvalue weighted by molar-refractivity contribution is -0.119. The molecule has 3 N–H and O–H groups in total. The number of hydrogen-bond acceptors (Lipinski definition) is 2. The number of aromatic nitrogens is 1. The third-order valence-corrected chi connectivity index (χ3v) is 2.30. The lowest BCUT2D eigenvalue weighted by atomic mass is 10.1. The molecular formula is C9H13N3O. The fourth-order valence-electron chi connectivity index (χ4n) is 1.52. The van der Waals surface area contributed by atoms with Crippen molar-refractivity contribution in [2.45, 2.75) is 6.42 Å². The summed E-state index contributed by atoms with van der Waals surface area (Å²) >= 11 is 0. The van der Waals surface area contributed by atoms with Gasteiger partial charge in [0.2, 0.25) is 5.91 Å². The first-order valence-electron chi connectivity index (χ1n) is 4.50. The molecule has 4 nitrogen and oxygen atoms in total. The molecule has 1 unspecified atom stereocenters. The second-order valence-corrected chi connectivity index (χ2v) is 3.28. The third-order valence-electron chi connectivity index (χ3n) is 2.30. The molecular weight excluding hydrogens is 166 g/mol. The summed E-state index contributed by atoms with van der Waals surface area (Å²) in [6.07, 6.45) is 4.51. The van der Waals surface area contributed by atoms with Crippen LogP contribution in [0.4, 0.5) is 5.69 Å². The molecule has 0 spiro atoms. The van der Waals surface area contributed by atoms with Gasteiger partial charge in [0.15, 0.2) is 0 Å². The molecule has 1 atom stereocenters. The minimum Gasteiger partial charge on any atom is -0.366 e. The third kappa shape index (κ3) is 1.89. The zero-order chi connectivity index (χ0) is 9.10. The van der Waals surface area contributed by atoms with Crippen molar-refractivity contribution in [1.29, 1.82) is 0 Å². The number of rotatable bonds is 2. The van der Waals surface area contributed by atoms with E-state index in [9.17, 15) is 4.79 Å². The Hall–Kier alpha value is -1.29. The van der Waals surface area contributed by atoms with Gasteiger partial charge in [-0.3, -0.25) is 4.79 Å². The van der Waals surface area contributed by atoms with Crippen LogP contribution in [0.5, 0.6) is 0 Å². The average Bonchev–Trinajstić information content (AvgIpc) is 2.74. The molecule has 70 valence electrons. The Labute approximate surface area is 76.7 Å². The van der Waals surface area contributed by atoms with E-state index in [0.29, 0.717) is 0 Å². The topological polar surface area (TPSA) is 56.9 Å². The van der Waals surface area contributed by atoms with Gasteiger partial charge < -0.3 is 15.6 Å². The van der Waals surface area contributed by atoms with Gasteiger partial charge in [0.05, 0.1) is 11.6 Å². The molecule has 2 heterocycles. The summed E-state index contributed by atoms with van der Waals surface area (Å²) in [4.78, 5) is 14.4. The predicted octanol–water partition coefficient (Wildman–Crippen LogP) is 0.563. The highest BCUT2D eigenvalue weighted by Crippen LogP contribution is 2.11. The summed E-state index contributed by atoms with van der Waals surface area (Å²) in [7, 11) is 0. The highest BCUT2D eigenvalue weighted by atomic mass is 16.1. The van der Waals surface area contributed by atoms with E-state index < -0.39 is 0 Å². The minimum absolute atomic E-state index is 0.115. The van der Waals surface area contributed by atoms with Crippen molar-refractivity contribution in [1.82, 2.24) is 10.3 Å². The Bertz CT molecular complexity index is 275. The second-order valence-electron chi connectivity index (χ2n) is 3.28. The molecule has 0 aliphatic carbocycles. The number of carbonyl (C=O) groups is 1. The van der Waals surface area contributed by atoms with Crippen LogP contribution in [0.2, 0.25) is 0 Å². The zero-order valence-electron chi connectivity index (χ0n) is 7.34. The number of amides is 1. The Morgan fingerprint density at radius 2 is 2.54 bits per heavy atom. The average molecular weight is 179 g/mol. The van der Waals surface area contributed by atoms with Crippen LogP contribution in [0.3, 0.4) is 0 Å². The van der Waals surface area contributed by atoms with E-state index in [1.165, 1.54) is 0 Å². The maximum Gasteiger partial charge on any atom is 0.228 e. The smallest absolute Gasteiger partial charge is 0.228 e. The molecule has 1 aromatic rings. The Morgan fingerprint density at radius 1 is 1.62 bits per heavy atom. The number of hydrogen-bond donors (Lipinski definition) is 3. The van der Waals surface area contributed by atoms with E-state index in [2.05, 4.69) is 15.6 Å². The summed E-state index contributed by atoms with van der Waals surface area (Å²) < 4.78 is 0. The molecule has 0 aromatic carbocycles. The molecule has 1 aliphatic rings. The summed E-state index contributed by atoms with van der Waals surface area (Å²) in [6, 6.07) is 1.85. The van der Waals surface area contributed by atoms with Gasteiger partial charge in [0, 0.05) is 18.9 Å². The van der Waals surface area contributed by atoms with Crippen molar-refractivity contribution in [3.8, 4) is 0 Å². The maximum atomic E-state index is 11.5. The molecule has 1 saturated heterocycles. The fourth-order valence-corrected chi connectivity index (χ4v) is 1.52. The van der Waals surface area contributed by atoms with Gasteiger partial charge in [-0.1, -0.05) is 0 Å². The first-order valence-corrected chi connectivity index (χ1v) is 4.50. The van der Waals surface area contributed by atoms with Crippen molar-refractivity contribution < 1.29 is 4.79 Å². The standard InChI is InChI=1S/C9H13N3O/c13-9(7-1-3-10-5-7)12-8-2-4-11-6-8/h2,4,6-7,10-11H,1,3,5H2,(H,12,13). The number of nitrogens with one attached hydrogen (secondary N) is 3. The van der Waals surface area contributed by atoms with E-state index >= 15 is 0 Å². The van der Waals surface area contributed by atoms with E-state index in [-0.39, 0.29) is 11.8 Å². The summed E-state index contributed by atoms with van der Waals surface area (Å²) in [6.45, 7) is 1.75. The highest BCUT2D eigenvalue weighted by Gasteiger charge is 2.22. The van der Waals surface area contributed by atoms with E-state index in [4.69, 9.17) is 0 Å². The van der Waals surface area contributed by atoms with Crippen LogP contribution in [-0.4, -0.2) is 24.0 Å². The van der Waals surface area contributed by atoms with E-state index in [0.717, 1.165) is 25.2 Å². The largest absolute Gasteiger partial charge is 0.366 e. The summed E-state index contributed by atoms with van der Waals surface area (Å²) in [5.74, 6) is 0.250. The highest BCUT2D eigenvalue weighted by molar-refractivity contribution is 5.92. The van der Waals surface area contributed by atoms with Crippen LogP contribution >= 0.6 is 0 Å². The van der Waals surface area contributed by atoms with Gasteiger partial charge in [0.1, 0.15) is 0 Å². The monoisotopic (exact) mass is 179 g/mol. The number of H-pyrrole nitrogens is 1. The van der Waals surface area contributed by atoms with Crippen LogP contribution in [0.25, 0.3) is 0 Å². The van der Waals surface area contributed by atoms with E-state index in [1.807, 2.05) is 6.07 Å². The van der Waals surface area contributed by atoms with Crippen LogP contribution in [0.15, 0.2) is 18.5 Å². The molecule has 1 aromatic heterocycles. The molecule has 0 bridgehead atoms. The molecule has 1 fully saturated rings. The predicted molar refractivity (Wildman–Crippen MR) is 50.4 cm³/mol. The van der Waals surface area contributed by atoms with Crippen LogP contribution in [0, 0.1) is 5.92 Å². The minimum atomic E-state index is 0.115. The lowest BCUT2D eigenvalue weighted by Gasteiger charge is -2.07. The quantitative estimate of drug-likeness (QED) is 0.621. The Balaban J connectivity index is 1.91. The lowest BCUT2D eigenvalue weighted by Crippen LogP contribution is -2.24. The van der Waals surface area contributed by atoms with Gasteiger partial charge >= 0.3 is 0 Å². The molecule has 4 heteroatoms. The van der Waals surface area contributed by atoms with Crippen molar-refractivity contribution in [3.05, 3.63) is 18.5 Å². The second kappa shape index (κ2) is 3.62. The number of carbonyl (C=O) groups excluding carboxylic acids is 1. The van der Waals surface area contributed by atoms with Gasteiger partial charge in [-0.05, 0) is 19.0 Å². The maximum absolute atomic E-state index is 11.5. The van der Waals surface area contributed by atoms with Crippen molar-refractivity contribution in [2.75, 3.05) is 18.4 Å². The molecule has 1 amide bonds. The zero-order valence-corrected chi connectivity index (χ0v) is 7.34. The van der Waals surface area contributed by atoms with Crippen molar-refractivity contribution in [2.24, 2.45) is 5.92 Å². The normalized spacial score (nSPS) is 21.7. The van der Waals surface area contributed by atoms with Gasteiger partial charge in [0.25, 0.3) is 0 Å². The van der Waals surface area contributed by atoms with Gasteiger partial charge in [-0.25, -0.2) is 0 Å². The Morgan fingerprint density at radius 3 is 3.15 bits per heavy atom. The molecule has 0 saturated carbocycles. The number of anilines is 1. The molecule has 1 aliphatic heterocycles.